The summed E-state index contributed by atoms with van der Waals surface area (Å²) in [6.07, 6.45) is 0.285. The molecule has 0 heterocycles. The molecular weight excluding hydrogens is 292 g/mol. The predicted octanol–water partition coefficient (Wildman–Crippen LogP) is 2.87. The number of anilines is 2. The van der Waals surface area contributed by atoms with Crippen molar-refractivity contribution >= 4 is 17.3 Å². The molecule has 2 aromatic rings. The second kappa shape index (κ2) is 8.80. The van der Waals surface area contributed by atoms with Crippen molar-refractivity contribution in [2.75, 3.05) is 30.9 Å². The number of nitrogen functional groups attached to an aromatic ring is 1. The Morgan fingerprint density at radius 3 is 2.57 bits per heavy atom. The molecular formula is C18H22N2O3. The summed E-state index contributed by atoms with van der Waals surface area (Å²) in [6, 6.07) is 14.6. The molecule has 0 radical (unpaired) electrons. The second-order valence-electron chi connectivity index (χ2n) is 5.01. The molecule has 5 heteroatoms. The molecule has 0 aliphatic rings. The van der Waals surface area contributed by atoms with Crippen molar-refractivity contribution in [1.82, 2.24) is 0 Å². The Balaban J connectivity index is 1.93. The Kier molecular flexibility index (Phi) is 6.44. The van der Waals surface area contributed by atoms with E-state index in [-0.39, 0.29) is 12.3 Å². The quantitative estimate of drug-likeness (QED) is 0.580. The van der Waals surface area contributed by atoms with Gasteiger partial charge >= 0.3 is 0 Å². The smallest absolute Gasteiger partial charge is 0.228 e. The van der Waals surface area contributed by atoms with Crippen LogP contribution in [0.25, 0.3) is 0 Å². The number of para-hydroxylation sites is 2. The van der Waals surface area contributed by atoms with E-state index in [0.29, 0.717) is 36.9 Å². The third-order valence-corrected chi connectivity index (χ3v) is 3.19. The highest BCUT2D eigenvalue weighted by Gasteiger charge is 2.08. The van der Waals surface area contributed by atoms with Gasteiger partial charge in [0.25, 0.3) is 0 Å². The summed E-state index contributed by atoms with van der Waals surface area (Å²) in [4.78, 5) is 12.2. The SMILES string of the molecule is CCOCCOc1ccccc1NC(=O)Cc1ccc(N)cc1. The normalized spacial score (nSPS) is 10.3. The van der Waals surface area contributed by atoms with Crippen LogP contribution in [0.15, 0.2) is 48.5 Å². The van der Waals surface area contributed by atoms with Gasteiger partial charge < -0.3 is 20.5 Å². The summed E-state index contributed by atoms with van der Waals surface area (Å²) >= 11 is 0. The molecule has 122 valence electrons. The van der Waals surface area contributed by atoms with Crippen LogP contribution in [0.1, 0.15) is 12.5 Å². The molecule has 0 aliphatic heterocycles. The number of amides is 1. The first kappa shape index (κ1) is 16.8. The Hall–Kier alpha value is -2.53. The van der Waals surface area contributed by atoms with Gasteiger partial charge in [0, 0.05) is 12.3 Å². The van der Waals surface area contributed by atoms with Gasteiger partial charge in [-0.05, 0) is 36.8 Å². The highest BCUT2D eigenvalue weighted by atomic mass is 16.5. The predicted molar refractivity (Wildman–Crippen MR) is 91.6 cm³/mol. The van der Waals surface area contributed by atoms with Crippen LogP contribution in [-0.2, 0) is 16.0 Å². The average Bonchev–Trinajstić information content (AvgIpc) is 2.55. The van der Waals surface area contributed by atoms with Gasteiger partial charge in [-0.1, -0.05) is 24.3 Å². The number of benzene rings is 2. The molecule has 0 aliphatic carbocycles. The van der Waals surface area contributed by atoms with Gasteiger partial charge in [-0.3, -0.25) is 4.79 Å². The summed E-state index contributed by atoms with van der Waals surface area (Å²) in [5.74, 6) is 0.536. The largest absolute Gasteiger partial charge is 0.489 e. The standard InChI is InChI=1S/C18H22N2O3/c1-2-22-11-12-23-17-6-4-3-5-16(17)20-18(21)13-14-7-9-15(19)10-8-14/h3-10H,2,11-13,19H2,1H3,(H,20,21). The van der Waals surface area contributed by atoms with Crippen LogP contribution in [0.3, 0.4) is 0 Å². The summed E-state index contributed by atoms with van der Waals surface area (Å²) in [6.45, 7) is 3.55. The van der Waals surface area contributed by atoms with Gasteiger partial charge in [0.05, 0.1) is 18.7 Å². The third-order valence-electron chi connectivity index (χ3n) is 3.19. The van der Waals surface area contributed by atoms with Gasteiger partial charge in [0.15, 0.2) is 0 Å². The van der Waals surface area contributed by atoms with Crippen molar-refractivity contribution in [3.05, 3.63) is 54.1 Å². The van der Waals surface area contributed by atoms with Gasteiger partial charge in [-0.15, -0.1) is 0 Å². The van der Waals surface area contributed by atoms with Crippen LogP contribution in [0.2, 0.25) is 0 Å². The molecule has 2 rings (SSSR count). The molecule has 0 aromatic heterocycles. The number of hydrogen-bond donors (Lipinski definition) is 2. The zero-order chi connectivity index (χ0) is 16.5. The maximum atomic E-state index is 12.2. The molecule has 0 saturated carbocycles. The minimum atomic E-state index is -0.101. The lowest BCUT2D eigenvalue weighted by Gasteiger charge is -2.12. The average molecular weight is 314 g/mol. The topological polar surface area (TPSA) is 73.6 Å². The molecule has 0 atom stereocenters. The van der Waals surface area contributed by atoms with E-state index in [1.807, 2.05) is 43.3 Å². The summed E-state index contributed by atoms with van der Waals surface area (Å²) < 4.78 is 10.9. The minimum absolute atomic E-state index is 0.101. The monoisotopic (exact) mass is 314 g/mol. The van der Waals surface area contributed by atoms with E-state index in [1.165, 1.54) is 0 Å². The van der Waals surface area contributed by atoms with E-state index < -0.39 is 0 Å². The number of carbonyl (C=O) groups is 1. The van der Waals surface area contributed by atoms with Gasteiger partial charge in [-0.2, -0.15) is 0 Å². The number of nitrogens with one attached hydrogen (secondary N) is 1. The fourth-order valence-corrected chi connectivity index (χ4v) is 2.07. The summed E-state index contributed by atoms with van der Waals surface area (Å²) in [5, 5.41) is 2.88. The van der Waals surface area contributed by atoms with Crippen LogP contribution in [0.5, 0.6) is 5.75 Å². The summed E-state index contributed by atoms with van der Waals surface area (Å²) in [7, 11) is 0. The van der Waals surface area contributed by atoms with Crippen molar-refractivity contribution in [3.8, 4) is 5.75 Å². The maximum Gasteiger partial charge on any atom is 0.228 e. The second-order valence-corrected chi connectivity index (χ2v) is 5.01. The van der Waals surface area contributed by atoms with Crippen molar-refractivity contribution in [2.45, 2.75) is 13.3 Å². The lowest BCUT2D eigenvalue weighted by Crippen LogP contribution is -2.16. The first-order chi connectivity index (χ1) is 11.2. The fraction of sp³-hybridized carbons (Fsp3) is 0.278. The van der Waals surface area contributed by atoms with Crippen molar-refractivity contribution < 1.29 is 14.3 Å². The van der Waals surface area contributed by atoms with Crippen LogP contribution < -0.4 is 15.8 Å². The summed E-state index contributed by atoms with van der Waals surface area (Å²) in [5.41, 5.74) is 7.89. The van der Waals surface area contributed by atoms with Crippen LogP contribution >= 0.6 is 0 Å². The highest BCUT2D eigenvalue weighted by Crippen LogP contribution is 2.23. The maximum absolute atomic E-state index is 12.2. The zero-order valence-corrected chi connectivity index (χ0v) is 13.2. The van der Waals surface area contributed by atoms with E-state index in [9.17, 15) is 4.79 Å². The van der Waals surface area contributed by atoms with Gasteiger partial charge in [0.2, 0.25) is 5.91 Å². The molecule has 23 heavy (non-hydrogen) atoms. The van der Waals surface area contributed by atoms with Gasteiger partial charge in [0.1, 0.15) is 12.4 Å². The Bertz CT molecular complexity index is 626. The van der Waals surface area contributed by atoms with E-state index >= 15 is 0 Å². The van der Waals surface area contributed by atoms with E-state index in [4.69, 9.17) is 15.2 Å². The zero-order valence-electron chi connectivity index (χ0n) is 13.2. The van der Waals surface area contributed by atoms with Gasteiger partial charge in [-0.25, -0.2) is 0 Å². The molecule has 0 bridgehead atoms. The molecule has 5 nitrogen and oxygen atoms in total. The van der Waals surface area contributed by atoms with Crippen molar-refractivity contribution in [1.29, 1.82) is 0 Å². The first-order valence-corrected chi connectivity index (χ1v) is 7.63. The molecule has 0 fully saturated rings. The molecule has 2 aromatic carbocycles. The number of rotatable bonds is 8. The lowest BCUT2D eigenvalue weighted by atomic mass is 10.1. The van der Waals surface area contributed by atoms with E-state index in [2.05, 4.69) is 5.32 Å². The fourth-order valence-electron chi connectivity index (χ4n) is 2.07. The number of nitrogens with two attached hydrogens (primary N) is 1. The lowest BCUT2D eigenvalue weighted by molar-refractivity contribution is -0.115. The Labute approximate surface area is 136 Å². The molecule has 0 spiro atoms. The molecule has 1 amide bonds. The van der Waals surface area contributed by atoms with Crippen LogP contribution in [0, 0.1) is 0 Å². The van der Waals surface area contributed by atoms with Crippen molar-refractivity contribution in [2.24, 2.45) is 0 Å². The Morgan fingerprint density at radius 1 is 1.09 bits per heavy atom. The van der Waals surface area contributed by atoms with E-state index in [0.717, 1.165) is 5.56 Å². The van der Waals surface area contributed by atoms with E-state index in [1.54, 1.807) is 12.1 Å². The number of carbonyl (C=O) groups excluding carboxylic acids is 1. The Morgan fingerprint density at radius 2 is 1.83 bits per heavy atom. The van der Waals surface area contributed by atoms with Crippen LogP contribution in [-0.4, -0.2) is 25.7 Å². The molecule has 0 unspecified atom stereocenters. The highest BCUT2D eigenvalue weighted by molar-refractivity contribution is 5.93. The van der Waals surface area contributed by atoms with Crippen molar-refractivity contribution in [3.63, 3.8) is 0 Å². The number of hydrogen-bond acceptors (Lipinski definition) is 4. The number of ether oxygens (including phenoxy) is 2. The van der Waals surface area contributed by atoms with Crippen LogP contribution in [0.4, 0.5) is 11.4 Å². The molecule has 0 saturated heterocycles. The minimum Gasteiger partial charge on any atom is -0.489 e. The third kappa shape index (κ3) is 5.64. The molecule has 3 N–H and O–H groups in total. The first-order valence-electron chi connectivity index (χ1n) is 7.63.